The smallest absolute Gasteiger partial charge is 0.321 e. The first-order valence-corrected chi connectivity index (χ1v) is 7.58. The van der Waals surface area contributed by atoms with E-state index in [1.54, 1.807) is 0 Å². The fourth-order valence-electron chi connectivity index (χ4n) is 3.11. The molecular formula is C19H18O4. The largest absolute Gasteiger partial charge is 0.462 e. The van der Waals surface area contributed by atoms with Gasteiger partial charge in [0.2, 0.25) is 0 Å². The molecule has 1 fully saturated rings. The van der Waals surface area contributed by atoms with Crippen molar-refractivity contribution in [2.45, 2.75) is 24.9 Å². The number of carbonyl (C=O) groups is 2. The number of hydrogen-bond donors (Lipinski definition) is 0. The van der Waals surface area contributed by atoms with Crippen LogP contribution in [0.3, 0.4) is 0 Å². The third-order valence-corrected chi connectivity index (χ3v) is 4.16. The molecule has 1 heterocycles. The molecule has 1 atom stereocenters. The predicted molar refractivity (Wildman–Crippen MR) is 84.8 cm³/mol. The third-order valence-electron chi connectivity index (χ3n) is 4.16. The van der Waals surface area contributed by atoms with E-state index in [4.69, 9.17) is 9.47 Å². The standard InChI is InChI=1S/C19H18O4/c1-14(20)22-13-17-12-19(18(21)23-17,15-8-4-2-5-9-15)16-10-6-3-7-11-16/h2-11,17H,12-13H2,1H3. The van der Waals surface area contributed by atoms with E-state index in [-0.39, 0.29) is 18.5 Å². The van der Waals surface area contributed by atoms with Crippen molar-refractivity contribution < 1.29 is 19.1 Å². The summed E-state index contributed by atoms with van der Waals surface area (Å²) < 4.78 is 10.5. The summed E-state index contributed by atoms with van der Waals surface area (Å²) >= 11 is 0. The fourth-order valence-corrected chi connectivity index (χ4v) is 3.11. The topological polar surface area (TPSA) is 52.6 Å². The predicted octanol–water partition coefficient (Wildman–Crippen LogP) is 2.85. The van der Waals surface area contributed by atoms with Crippen molar-refractivity contribution >= 4 is 11.9 Å². The third kappa shape index (κ3) is 2.84. The van der Waals surface area contributed by atoms with E-state index in [2.05, 4.69) is 0 Å². The van der Waals surface area contributed by atoms with Gasteiger partial charge >= 0.3 is 11.9 Å². The minimum absolute atomic E-state index is 0.0858. The van der Waals surface area contributed by atoms with E-state index in [0.29, 0.717) is 6.42 Å². The molecule has 1 saturated heterocycles. The average molecular weight is 310 g/mol. The Labute approximate surface area is 135 Å². The SMILES string of the molecule is CC(=O)OCC1CC(c2ccccc2)(c2ccccc2)C(=O)O1. The van der Waals surface area contributed by atoms with E-state index in [0.717, 1.165) is 11.1 Å². The minimum Gasteiger partial charge on any atom is -0.462 e. The zero-order chi connectivity index (χ0) is 16.3. The molecule has 0 spiro atoms. The Balaban J connectivity index is 2.01. The van der Waals surface area contributed by atoms with Gasteiger partial charge < -0.3 is 9.47 Å². The summed E-state index contributed by atoms with van der Waals surface area (Å²) in [6.07, 6.45) is 0.0134. The number of carbonyl (C=O) groups excluding carboxylic acids is 2. The second-order valence-corrected chi connectivity index (χ2v) is 5.67. The van der Waals surface area contributed by atoms with Crippen LogP contribution in [-0.2, 0) is 24.5 Å². The Morgan fingerprint density at radius 3 is 2.09 bits per heavy atom. The van der Waals surface area contributed by atoms with Crippen LogP contribution in [0.4, 0.5) is 0 Å². The average Bonchev–Trinajstić information content (AvgIpc) is 2.92. The number of rotatable bonds is 4. The van der Waals surface area contributed by atoms with E-state index in [1.165, 1.54) is 6.92 Å². The summed E-state index contributed by atoms with van der Waals surface area (Å²) in [5, 5.41) is 0. The van der Waals surface area contributed by atoms with Gasteiger partial charge in [0.1, 0.15) is 18.1 Å². The lowest BCUT2D eigenvalue weighted by Crippen LogP contribution is -2.33. The lowest BCUT2D eigenvalue weighted by Gasteiger charge is -2.26. The molecule has 2 aromatic rings. The highest BCUT2D eigenvalue weighted by atomic mass is 16.6. The van der Waals surface area contributed by atoms with Crippen LogP contribution in [0.15, 0.2) is 60.7 Å². The van der Waals surface area contributed by atoms with Gasteiger partial charge in [0.15, 0.2) is 0 Å². The summed E-state index contributed by atoms with van der Waals surface area (Å²) in [6, 6.07) is 19.2. The molecule has 1 aliphatic rings. The Hall–Kier alpha value is -2.62. The quantitative estimate of drug-likeness (QED) is 0.815. The number of esters is 2. The van der Waals surface area contributed by atoms with E-state index in [1.807, 2.05) is 60.7 Å². The van der Waals surface area contributed by atoms with Gasteiger partial charge in [-0.15, -0.1) is 0 Å². The van der Waals surface area contributed by atoms with Crippen molar-refractivity contribution in [2.75, 3.05) is 6.61 Å². The molecule has 0 bridgehead atoms. The van der Waals surface area contributed by atoms with E-state index in [9.17, 15) is 9.59 Å². The van der Waals surface area contributed by atoms with E-state index >= 15 is 0 Å². The molecule has 3 rings (SSSR count). The monoisotopic (exact) mass is 310 g/mol. The first kappa shape index (κ1) is 15.3. The Morgan fingerprint density at radius 1 is 1.09 bits per heavy atom. The molecule has 0 saturated carbocycles. The zero-order valence-electron chi connectivity index (χ0n) is 12.9. The molecule has 1 aliphatic heterocycles. The molecule has 0 radical (unpaired) electrons. The van der Waals surface area contributed by atoms with Crippen LogP contribution in [0.2, 0.25) is 0 Å². The van der Waals surface area contributed by atoms with Crippen LogP contribution in [0.5, 0.6) is 0 Å². The molecule has 4 nitrogen and oxygen atoms in total. The summed E-state index contributed by atoms with van der Waals surface area (Å²) in [6.45, 7) is 1.43. The van der Waals surface area contributed by atoms with Gasteiger partial charge in [0.25, 0.3) is 0 Å². The van der Waals surface area contributed by atoms with Crippen molar-refractivity contribution in [3.8, 4) is 0 Å². The molecule has 118 valence electrons. The van der Waals surface area contributed by atoms with Gasteiger partial charge in [0, 0.05) is 13.3 Å². The van der Waals surface area contributed by atoms with Crippen molar-refractivity contribution in [3.63, 3.8) is 0 Å². The molecule has 0 aromatic heterocycles. The summed E-state index contributed by atoms with van der Waals surface area (Å²) in [5.41, 5.74) is 0.927. The van der Waals surface area contributed by atoms with Gasteiger partial charge in [-0.3, -0.25) is 9.59 Å². The molecule has 4 heteroatoms. The molecule has 2 aromatic carbocycles. The molecular weight excluding hydrogens is 292 g/mol. The van der Waals surface area contributed by atoms with Crippen LogP contribution in [-0.4, -0.2) is 24.6 Å². The maximum absolute atomic E-state index is 12.8. The normalized spacial score (nSPS) is 19.2. The number of cyclic esters (lactones) is 1. The van der Waals surface area contributed by atoms with Gasteiger partial charge in [0.05, 0.1) is 0 Å². The lowest BCUT2D eigenvalue weighted by atomic mass is 9.72. The molecule has 23 heavy (non-hydrogen) atoms. The lowest BCUT2D eigenvalue weighted by molar-refractivity contribution is -0.152. The molecule has 1 unspecified atom stereocenters. The van der Waals surface area contributed by atoms with Gasteiger partial charge in [-0.05, 0) is 11.1 Å². The fraction of sp³-hybridized carbons (Fsp3) is 0.263. The summed E-state index contributed by atoms with van der Waals surface area (Å²) in [5.74, 6) is -0.676. The minimum atomic E-state index is -0.854. The van der Waals surface area contributed by atoms with Crippen LogP contribution in [0, 0.1) is 0 Å². The Kier molecular flexibility index (Phi) is 4.15. The first-order chi connectivity index (χ1) is 11.1. The second kappa shape index (κ2) is 6.24. The first-order valence-electron chi connectivity index (χ1n) is 7.58. The van der Waals surface area contributed by atoms with Crippen LogP contribution < -0.4 is 0 Å². The Morgan fingerprint density at radius 2 is 1.61 bits per heavy atom. The maximum atomic E-state index is 12.8. The van der Waals surface area contributed by atoms with Crippen LogP contribution >= 0.6 is 0 Å². The Bertz CT molecular complexity index is 654. The summed E-state index contributed by atoms with van der Waals surface area (Å²) in [4.78, 5) is 23.8. The van der Waals surface area contributed by atoms with Crippen LogP contribution in [0.1, 0.15) is 24.5 Å². The van der Waals surface area contributed by atoms with Crippen molar-refractivity contribution in [1.82, 2.24) is 0 Å². The zero-order valence-corrected chi connectivity index (χ0v) is 12.9. The molecule has 0 N–H and O–H groups in total. The molecule has 0 amide bonds. The van der Waals surface area contributed by atoms with Crippen molar-refractivity contribution in [1.29, 1.82) is 0 Å². The number of ether oxygens (including phenoxy) is 2. The van der Waals surface area contributed by atoms with Crippen molar-refractivity contribution in [3.05, 3.63) is 71.8 Å². The van der Waals surface area contributed by atoms with Gasteiger partial charge in [-0.1, -0.05) is 60.7 Å². The maximum Gasteiger partial charge on any atom is 0.321 e. The number of hydrogen-bond acceptors (Lipinski definition) is 4. The highest BCUT2D eigenvalue weighted by Gasteiger charge is 2.51. The van der Waals surface area contributed by atoms with Gasteiger partial charge in [-0.25, -0.2) is 0 Å². The summed E-state index contributed by atoms with van der Waals surface area (Å²) in [7, 11) is 0. The van der Waals surface area contributed by atoms with Crippen molar-refractivity contribution in [2.24, 2.45) is 0 Å². The number of benzene rings is 2. The highest BCUT2D eigenvalue weighted by molar-refractivity contribution is 5.89. The van der Waals surface area contributed by atoms with Gasteiger partial charge in [-0.2, -0.15) is 0 Å². The molecule has 0 aliphatic carbocycles. The van der Waals surface area contributed by atoms with Crippen LogP contribution in [0.25, 0.3) is 0 Å². The highest BCUT2D eigenvalue weighted by Crippen LogP contribution is 2.43. The second-order valence-electron chi connectivity index (χ2n) is 5.67. The van der Waals surface area contributed by atoms with E-state index < -0.39 is 11.5 Å².